The molecular weight excluding hydrogens is 388 g/mol. The van der Waals surface area contributed by atoms with Gasteiger partial charge in [0.25, 0.3) is 0 Å². The van der Waals surface area contributed by atoms with Gasteiger partial charge in [-0.3, -0.25) is 0 Å². The van der Waals surface area contributed by atoms with E-state index >= 15 is 0 Å². The molecule has 5 rings (SSSR count). The summed E-state index contributed by atoms with van der Waals surface area (Å²) in [7, 11) is 1.65. The Morgan fingerprint density at radius 3 is 2.45 bits per heavy atom. The van der Waals surface area contributed by atoms with Crippen LogP contribution in [0.1, 0.15) is 26.2 Å². The molecule has 0 spiro atoms. The van der Waals surface area contributed by atoms with Gasteiger partial charge in [-0.05, 0) is 48.9 Å². The molecular formula is C25H24N4O2. The molecule has 6 heteroatoms. The SMILES string of the molecule is CCCCCOc1ccc(-c2nc3cc4nc5ccccc5[nH]c4cc3n2)cc1OC. The number of hydrogen-bond donors (Lipinski definition) is 1. The molecule has 0 bridgehead atoms. The molecule has 0 amide bonds. The summed E-state index contributed by atoms with van der Waals surface area (Å²) < 4.78 is 11.4. The summed E-state index contributed by atoms with van der Waals surface area (Å²) in [6.45, 7) is 2.86. The molecule has 6 nitrogen and oxygen atoms in total. The van der Waals surface area contributed by atoms with Crippen LogP contribution in [-0.2, 0) is 0 Å². The fourth-order valence-electron chi connectivity index (χ4n) is 3.73. The van der Waals surface area contributed by atoms with E-state index in [0.717, 1.165) is 57.3 Å². The molecule has 31 heavy (non-hydrogen) atoms. The highest BCUT2D eigenvalue weighted by molar-refractivity contribution is 5.95. The molecule has 1 N–H and O–H groups in total. The Kier molecular flexibility index (Phi) is 5.12. The minimum absolute atomic E-state index is 0.658. The average Bonchev–Trinajstić information content (AvgIpc) is 3.21. The van der Waals surface area contributed by atoms with Crippen molar-refractivity contribution in [3.8, 4) is 22.9 Å². The zero-order chi connectivity index (χ0) is 21.2. The molecule has 0 unspecified atom stereocenters. The number of rotatable bonds is 7. The Labute approximate surface area is 180 Å². The van der Waals surface area contributed by atoms with Crippen LogP contribution in [0.3, 0.4) is 0 Å². The van der Waals surface area contributed by atoms with E-state index in [4.69, 9.17) is 24.4 Å². The average molecular weight is 412 g/mol. The highest BCUT2D eigenvalue weighted by Gasteiger charge is 2.13. The third kappa shape index (κ3) is 3.77. The lowest BCUT2D eigenvalue weighted by atomic mass is 10.2. The highest BCUT2D eigenvalue weighted by atomic mass is 16.5. The van der Waals surface area contributed by atoms with Crippen molar-refractivity contribution in [2.75, 3.05) is 13.7 Å². The maximum Gasteiger partial charge on any atom is 0.161 e. The first-order valence-corrected chi connectivity index (χ1v) is 10.6. The summed E-state index contributed by atoms with van der Waals surface area (Å²) >= 11 is 0. The van der Waals surface area contributed by atoms with Crippen LogP contribution in [-0.4, -0.2) is 33.7 Å². The Bertz CT molecular complexity index is 1300. The maximum atomic E-state index is 5.89. The first-order chi connectivity index (χ1) is 15.2. The van der Waals surface area contributed by atoms with Crippen molar-refractivity contribution in [1.82, 2.24) is 19.9 Å². The Morgan fingerprint density at radius 1 is 0.774 bits per heavy atom. The molecule has 0 aliphatic heterocycles. The molecule has 0 aliphatic carbocycles. The Hall–Kier alpha value is -3.67. The van der Waals surface area contributed by atoms with Crippen LogP contribution in [0.15, 0.2) is 54.6 Å². The van der Waals surface area contributed by atoms with E-state index < -0.39 is 0 Å². The van der Waals surface area contributed by atoms with Gasteiger partial charge in [-0.25, -0.2) is 15.0 Å². The predicted octanol–water partition coefficient (Wildman–Crippen LogP) is 5.90. The number of ether oxygens (including phenoxy) is 2. The van der Waals surface area contributed by atoms with Crippen LogP contribution in [0.25, 0.3) is 44.5 Å². The molecule has 0 atom stereocenters. The zero-order valence-electron chi connectivity index (χ0n) is 17.7. The quantitative estimate of drug-likeness (QED) is 0.266. The van der Waals surface area contributed by atoms with Crippen molar-refractivity contribution in [2.24, 2.45) is 0 Å². The van der Waals surface area contributed by atoms with Crippen molar-refractivity contribution in [1.29, 1.82) is 0 Å². The van der Waals surface area contributed by atoms with Crippen molar-refractivity contribution in [3.63, 3.8) is 0 Å². The zero-order valence-corrected chi connectivity index (χ0v) is 17.7. The summed E-state index contributed by atoms with van der Waals surface area (Å²) in [6.07, 6.45) is 3.36. The molecule has 0 saturated heterocycles. The van der Waals surface area contributed by atoms with Gasteiger partial charge in [-0.15, -0.1) is 0 Å². The first-order valence-electron chi connectivity index (χ1n) is 10.6. The second-order valence-corrected chi connectivity index (χ2v) is 7.58. The van der Waals surface area contributed by atoms with Crippen LogP contribution in [0.2, 0.25) is 0 Å². The van der Waals surface area contributed by atoms with Gasteiger partial charge in [0.15, 0.2) is 17.3 Å². The minimum Gasteiger partial charge on any atom is -0.493 e. The number of imidazole rings is 1. The molecule has 0 radical (unpaired) electrons. The third-order valence-electron chi connectivity index (χ3n) is 5.39. The van der Waals surface area contributed by atoms with Gasteiger partial charge in [0.2, 0.25) is 0 Å². The molecule has 0 saturated carbocycles. The van der Waals surface area contributed by atoms with Crippen molar-refractivity contribution < 1.29 is 9.47 Å². The normalized spacial score (nSPS) is 11.4. The number of hydrogen-bond acceptors (Lipinski definition) is 5. The van der Waals surface area contributed by atoms with E-state index in [1.165, 1.54) is 6.42 Å². The number of aromatic nitrogens is 4. The molecule has 3 aromatic carbocycles. The van der Waals surface area contributed by atoms with Gasteiger partial charge in [-0.1, -0.05) is 31.9 Å². The Morgan fingerprint density at radius 2 is 1.61 bits per heavy atom. The topological polar surface area (TPSA) is 72.9 Å². The Balaban J connectivity index is 1.50. The van der Waals surface area contributed by atoms with E-state index in [1.807, 2.05) is 54.6 Å². The third-order valence-corrected chi connectivity index (χ3v) is 5.39. The standard InChI is InChI=1S/C25H24N4O2/c1-3-4-7-12-31-23-11-10-16(13-24(23)30-2)25-28-21-14-19-20(15-22(21)29-25)27-18-9-6-5-8-17(18)26-19/h5-6,8-11,13-15,26H,3-4,7,12H2,1-2H3. The van der Waals surface area contributed by atoms with Gasteiger partial charge in [-0.2, -0.15) is 0 Å². The lowest BCUT2D eigenvalue weighted by Crippen LogP contribution is -1.99. The first kappa shape index (κ1) is 19.3. The van der Waals surface area contributed by atoms with Crippen LogP contribution in [0, 0.1) is 0 Å². The largest absolute Gasteiger partial charge is 0.493 e. The highest BCUT2D eigenvalue weighted by Crippen LogP contribution is 2.33. The van der Waals surface area contributed by atoms with Crippen LogP contribution < -0.4 is 9.47 Å². The minimum atomic E-state index is 0.658. The van der Waals surface area contributed by atoms with E-state index in [1.54, 1.807) is 7.11 Å². The number of nitrogens with one attached hydrogen (secondary N) is 1. The van der Waals surface area contributed by atoms with Gasteiger partial charge in [0.1, 0.15) is 0 Å². The molecule has 156 valence electrons. The number of methoxy groups -OCH3 is 1. The van der Waals surface area contributed by atoms with Crippen molar-refractivity contribution in [2.45, 2.75) is 26.2 Å². The molecule has 5 aromatic rings. The molecule has 0 fully saturated rings. The van der Waals surface area contributed by atoms with Gasteiger partial charge >= 0.3 is 0 Å². The van der Waals surface area contributed by atoms with E-state index in [2.05, 4.69) is 11.9 Å². The van der Waals surface area contributed by atoms with Gasteiger partial charge in [0, 0.05) is 5.56 Å². The van der Waals surface area contributed by atoms with E-state index in [0.29, 0.717) is 18.2 Å². The number of unbranched alkanes of at least 4 members (excludes halogenated alkanes) is 2. The number of para-hydroxylation sites is 2. The van der Waals surface area contributed by atoms with Crippen molar-refractivity contribution >= 4 is 33.1 Å². The van der Waals surface area contributed by atoms with Gasteiger partial charge < -0.3 is 14.5 Å². The number of fused-ring (bicyclic) bond motifs is 3. The van der Waals surface area contributed by atoms with Crippen LogP contribution in [0.4, 0.5) is 0 Å². The van der Waals surface area contributed by atoms with Crippen molar-refractivity contribution in [3.05, 3.63) is 54.6 Å². The van der Waals surface area contributed by atoms with Crippen LogP contribution >= 0.6 is 0 Å². The lowest BCUT2D eigenvalue weighted by Gasteiger charge is -2.11. The number of aromatic amines is 1. The predicted molar refractivity (Wildman–Crippen MR) is 124 cm³/mol. The van der Waals surface area contributed by atoms with E-state index in [9.17, 15) is 0 Å². The second kappa shape index (κ2) is 8.22. The molecule has 0 aliphatic rings. The number of H-pyrrole nitrogens is 1. The number of nitrogens with zero attached hydrogens (tertiary/aromatic N) is 3. The smallest absolute Gasteiger partial charge is 0.161 e. The summed E-state index contributed by atoms with van der Waals surface area (Å²) in [5.41, 5.74) is 6.26. The maximum absolute atomic E-state index is 5.89. The van der Waals surface area contributed by atoms with E-state index in [-0.39, 0.29) is 0 Å². The fourth-order valence-corrected chi connectivity index (χ4v) is 3.73. The summed E-state index contributed by atoms with van der Waals surface area (Å²) in [5.74, 6) is 2.09. The summed E-state index contributed by atoms with van der Waals surface area (Å²) in [4.78, 5) is 17.7. The summed E-state index contributed by atoms with van der Waals surface area (Å²) in [6, 6.07) is 17.8. The summed E-state index contributed by atoms with van der Waals surface area (Å²) in [5, 5.41) is 0. The second-order valence-electron chi connectivity index (χ2n) is 7.58. The molecule has 2 aromatic heterocycles. The lowest BCUT2D eigenvalue weighted by molar-refractivity contribution is 0.286. The number of benzene rings is 3. The monoisotopic (exact) mass is 412 g/mol. The van der Waals surface area contributed by atoms with Gasteiger partial charge in [0.05, 0.1) is 46.8 Å². The van der Waals surface area contributed by atoms with Crippen LogP contribution in [0.5, 0.6) is 11.5 Å². The fraction of sp³-hybridized carbons (Fsp3) is 0.240. The molecule has 2 heterocycles.